The number of hydrogen-bond donors (Lipinski definition) is 1. The number of nitrogens with one attached hydrogen (secondary N) is 1. The van der Waals surface area contributed by atoms with Gasteiger partial charge in [-0.05, 0) is 30.3 Å². The van der Waals surface area contributed by atoms with Crippen LogP contribution in [0.3, 0.4) is 0 Å². The van der Waals surface area contributed by atoms with Crippen LogP contribution in [-0.4, -0.2) is 39.2 Å². The summed E-state index contributed by atoms with van der Waals surface area (Å²) in [6.07, 6.45) is 2.64. The minimum absolute atomic E-state index is 0.209. The van der Waals surface area contributed by atoms with Crippen LogP contribution in [-0.2, 0) is 21.4 Å². The second-order valence-corrected chi connectivity index (χ2v) is 7.50. The van der Waals surface area contributed by atoms with Crippen molar-refractivity contribution in [2.45, 2.75) is 6.54 Å². The predicted octanol–water partition coefficient (Wildman–Crippen LogP) is 1.83. The smallest absolute Gasteiger partial charge is 0.241 e. The first-order valence-corrected chi connectivity index (χ1v) is 9.51. The van der Waals surface area contributed by atoms with Crippen molar-refractivity contribution in [3.63, 3.8) is 0 Å². The van der Waals surface area contributed by atoms with E-state index in [0.29, 0.717) is 11.4 Å². The van der Waals surface area contributed by atoms with Crippen LogP contribution in [0.1, 0.15) is 5.69 Å². The van der Waals surface area contributed by atoms with Gasteiger partial charge in [0, 0.05) is 6.20 Å². The molecule has 0 unspecified atom stereocenters. The Labute approximate surface area is 151 Å². The topological polar surface area (TPSA) is 88.6 Å². The maximum absolute atomic E-state index is 12.2. The fraction of sp³-hybridized carbons (Fsp3) is 0.250. The molecule has 134 valence electrons. The Balaban J connectivity index is 2.13. The monoisotopic (exact) mass is 383 g/mol. The average Bonchev–Trinajstić information content (AvgIpc) is 2.57. The number of aromatic nitrogens is 1. The van der Waals surface area contributed by atoms with E-state index < -0.39 is 15.9 Å². The van der Waals surface area contributed by atoms with Crippen molar-refractivity contribution in [3.8, 4) is 5.75 Å². The molecule has 0 atom stereocenters. The number of rotatable bonds is 7. The van der Waals surface area contributed by atoms with E-state index in [0.717, 1.165) is 10.6 Å². The van der Waals surface area contributed by atoms with E-state index in [4.69, 9.17) is 16.3 Å². The highest BCUT2D eigenvalue weighted by Crippen LogP contribution is 2.30. The quantitative estimate of drug-likeness (QED) is 0.787. The van der Waals surface area contributed by atoms with Crippen LogP contribution < -0.4 is 14.4 Å². The third-order valence-electron chi connectivity index (χ3n) is 3.30. The molecule has 0 aliphatic rings. The average molecular weight is 384 g/mol. The second kappa shape index (κ2) is 8.17. The van der Waals surface area contributed by atoms with E-state index in [1.807, 2.05) is 0 Å². The number of carbonyl (C=O) groups is 1. The minimum atomic E-state index is -3.67. The number of nitrogens with zero attached hydrogens (tertiary/aromatic N) is 2. The number of ether oxygens (including phenoxy) is 1. The summed E-state index contributed by atoms with van der Waals surface area (Å²) in [5, 5.41) is 2.90. The summed E-state index contributed by atoms with van der Waals surface area (Å²) in [6, 6.07) is 9.84. The van der Waals surface area contributed by atoms with Crippen molar-refractivity contribution in [1.29, 1.82) is 0 Å². The molecule has 25 heavy (non-hydrogen) atoms. The number of pyridine rings is 1. The lowest BCUT2D eigenvalue weighted by Crippen LogP contribution is -2.40. The maximum Gasteiger partial charge on any atom is 0.241 e. The molecule has 1 heterocycles. The van der Waals surface area contributed by atoms with Crippen molar-refractivity contribution in [2.75, 3.05) is 24.2 Å². The van der Waals surface area contributed by atoms with Gasteiger partial charge in [-0.15, -0.1) is 0 Å². The standard InChI is InChI=1S/C16H18ClN3O4S/c1-24-15-7-6-13(9-14(15)17)20(25(2,22)23)11-16(21)19-10-12-5-3-4-8-18-12/h3-9H,10-11H2,1-2H3,(H,19,21). The molecular weight excluding hydrogens is 366 g/mol. The minimum Gasteiger partial charge on any atom is -0.495 e. The highest BCUT2D eigenvalue weighted by atomic mass is 35.5. The Morgan fingerprint density at radius 1 is 1.32 bits per heavy atom. The number of carbonyl (C=O) groups excluding carboxylic acids is 1. The fourth-order valence-corrected chi connectivity index (χ4v) is 3.19. The molecule has 7 nitrogen and oxygen atoms in total. The number of anilines is 1. The van der Waals surface area contributed by atoms with Crippen LogP contribution in [0.4, 0.5) is 5.69 Å². The molecule has 9 heteroatoms. The molecule has 2 aromatic rings. The Morgan fingerprint density at radius 3 is 2.64 bits per heavy atom. The van der Waals surface area contributed by atoms with Gasteiger partial charge in [0.2, 0.25) is 15.9 Å². The number of methoxy groups -OCH3 is 1. The molecule has 1 amide bonds. The van der Waals surface area contributed by atoms with Crippen LogP contribution in [0.25, 0.3) is 0 Å². The van der Waals surface area contributed by atoms with Gasteiger partial charge in [0.15, 0.2) is 0 Å². The summed E-state index contributed by atoms with van der Waals surface area (Å²) in [6.45, 7) is -0.158. The van der Waals surface area contributed by atoms with Gasteiger partial charge in [-0.25, -0.2) is 8.42 Å². The predicted molar refractivity (Wildman–Crippen MR) is 96.3 cm³/mol. The van der Waals surface area contributed by atoms with Crippen molar-refractivity contribution in [1.82, 2.24) is 10.3 Å². The first-order chi connectivity index (χ1) is 11.8. The van der Waals surface area contributed by atoms with Gasteiger partial charge in [-0.1, -0.05) is 17.7 Å². The normalized spacial score (nSPS) is 11.0. The summed E-state index contributed by atoms with van der Waals surface area (Å²) >= 11 is 6.05. The Kier molecular flexibility index (Phi) is 6.22. The lowest BCUT2D eigenvalue weighted by molar-refractivity contribution is -0.119. The SMILES string of the molecule is COc1ccc(N(CC(=O)NCc2ccccn2)S(C)(=O)=O)cc1Cl. The molecule has 2 rings (SSSR count). The second-order valence-electron chi connectivity index (χ2n) is 5.19. The Morgan fingerprint density at radius 2 is 2.08 bits per heavy atom. The van der Waals surface area contributed by atoms with Crippen LogP contribution >= 0.6 is 11.6 Å². The first kappa shape index (κ1) is 19.0. The van der Waals surface area contributed by atoms with Gasteiger partial charge in [-0.3, -0.25) is 14.1 Å². The van der Waals surface area contributed by atoms with Crippen molar-refractivity contribution < 1.29 is 17.9 Å². The summed E-state index contributed by atoms with van der Waals surface area (Å²) in [5.41, 5.74) is 0.954. The van der Waals surface area contributed by atoms with E-state index in [9.17, 15) is 13.2 Å². The molecule has 0 aliphatic carbocycles. The van der Waals surface area contributed by atoms with E-state index in [-0.39, 0.29) is 23.8 Å². The summed E-state index contributed by atoms with van der Waals surface area (Å²) in [4.78, 5) is 16.2. The lowest BCUT2D eigenvalue weighted by Gasteiger charge is -2.22. The van der Waals surface area contributed by atoms with E-state index in [1.165, 1.54) is 19.2 Å². The third-order valence-corrected chi connectivity index (χ3v) is 4.74. The van der Waals surface area contributed by atoms with Crippen LogP contribution in [0, 0.1) is 0 Å². The van der Waals surface area contributed by atoms with Gasteiger partial charge < -0.3 is 10.1 Å². The van der Waals surface area contributed by atoms with Gasteiger partial charge in [0.05, 0.1) is 36.3 Å². The van der Waals surface area contributed by atoms with E-state index in [2.05, 4.69) is 10.3 Å². The van der Waals surface area contributed by atoms with Crippen LogP contribution in [0.2, 0.25) is 5.02 Å². The molecule has 0 saturated carbocycles. The Hall–Kier alpha value is -2.32. The zero-order chi connectivity index (χ0) is 18.4. The molecular formula is C16H18ClN3O4S. The van der Waals surface area contributed by atoms with Crippen molar-refractivity contribution >= 4 is 33.2 Å². The number of halogens is 1. The highest BCUT2D eigenvalue weighted by molar-refractivity contribution is 7.92. The molecule has 0 saturated heterocycles. The third kappa shape index (κ3) is 5.33. The fourth-order valence-electron chi connectivity index (χ4n) is 2.09. The molecule has 1 N–H and O–H groups in total. The zero-order valence-electron chi connectivity index (χ0n) is 13.8. The lowest BCUT2D eigenvalue weighted by atomic mass is 10.3. The molecule has 0 aliphatic heterocycles. The van der Waals surface area contributed by atoms with Gasteiger partial charge in [-0.2, -0.15) is 0 Å². The number of hydrogen-bond acceptors (Lipinski definition) is 5. The molecule has 1 aromatic carbocycles. The van der Waals surface area contributed by atoms with Crippen molar-refractivity contribution in [3.05, 3.63) is 53.3 Å². The summed E-state index contributed by atoms with van der Waals surface area (Å²) in [7, 11) is -2.22. The molecule has 0 bridgehead atoms. The Bertz CT molecular complexity index is 844. The molecule has 1 aromatic heterocycles. The van der Waals surface area contributed by atoms with E-state index in [1.54, 1.807) is 30.5 Å². The summed E-state index contributed by atoms with van der Waals surface area (Å²) in [5.74, 6) is -0.0403. The highest BCUT2D eigenvalue weighted by Gasteiger charge is 2.21. The first-order valence-electron chi connectivity index (χ1n) is 7.29. The zero-order valence-corrected chi connectivity index (χ0v) is 15.3. The summed E-state index contributed by atoms with van der Waals surface area (Å²) < 4.78 is 30.2. The van der Waals surface area contributed by atoms with Gasteiger partial charge in [0.1, 0.15) is 12.3 Å². The number of sulfonamides is 1. The molecule has 0 spiro atoms. The molecule has 0 fully saturated rings. The van der Waals surface area contributed by atoms with Crippen LogP contribution in [0.15, 0.2) is 42.6 Å². The van der Waals surface area contributed by atoms with E-state index >= 15 is 0 Å². The van der Waals surface area contributed by atoms with Crippen molar-refractivity contribution in [2.24, 2.45) is 0 Å². The van der Waals surface area contributed by atoms with Gasteiger partial charge in [0.25, 0.3) is 0 Å². The maximum atomic E-state index is 12.2. The number of benzene rings is 1. The van der Waals surface area contributed by atoms with Crippen LogP contribution in [0.5, 0.6) is 5.75 Å². The number of amides is 1. The largest absolute Gasteiger partial charge is 0.495 e. The van der Waals surface area contributed by atoms with Gasteiger partial charge >= 0.3 is 0 Å². The molecule has 0 radical (unpaired) electrons.